The summed E-state index contributed by atoms with van der Waals surface area (Å²) >= 11 is 5.80. The van der Waals surface area contributed by atoms with Crippen LogP contribution in [-0.2, 0) is 4.74 Å². The maximum absolute atomic E-state index is 12.5. The van der Waals surface area contributed by atoms with Crippen LogP contribution in [0.3, 0.4) is 0 Å². The summed E-state index contributed by atoms with van der Waals surface area (Å²) < 4.78 is 5.16. The van der Waals surface area contributed by atoms with Crippen LogP contribution in [0.2, 0.25) is 5.02 Å². The molecule has 0 amide bonds. The van der Waals surface area contributed by atoms with Gasteiger partial charge in [0.25, 0.3) is 0 Å². The number of hydrogen-bond acceptors (Lipinski definition) is 5. The first-order chi connectivity index (χ1) is 11.2. The number of aromatic nitrogens is 2. The average molecular weight is 349 g/mol. The van der Waals surface area contributed by atoms with Crippen LogP contribution in [0.25, 0.3) is 0 Å². The van der Waals surface area contributed by atoms with Crippen molar-refractivity contribution in [1.29, 1.82) is 0 Å². The van der Waals surface area contributed by atoms with Crippen molar-refractivity contribution < 1.29 is 19.1 Å². The van der Waals surface area contributed by atoms with Gasteiger partial charge in [0.15, 0.2) is 11.9 Å². The Morgan fingerprint density at radius 3 is 2.50 bits per heavy atom. The van der Waals surface area contributed by atoms with E-state index >= 15 is 0 Å². The first kappa shape index (κ1) is 17.9. The van der Waals surface area contributed by atoms with Crippen molar-refractivity contribution in [2.45, 2.75) is 33.8 Å². The van der Waals surface area contributed by atoms with Gasteiger partial charge in [-0.1, -0.05) is 11.6 Å². The van der Waals surface area contributed by atoms with E-state index in [-0.39, 0.29) is 17.2 Å². The van der Waals surface area contributed by atoms with Crippen LogP contribution in [-0.4, -0.2) is 33.6 Å². The Balaban J connectivity index is 2.20. The highest BCUT2D eigenvalue weighted by Crippen LogP contribution is 2.21. The predicted molar refractivity (Wildman–Crippen MR) is 88.7 cm³/mol. The number of esters is 1. The Kier molecular flexibility index (Phi) is 5.19. The van der Waals surface area contributed by atoms with Crippen LogP contribution in [0, 0.1) is 13.8 Å². The standard InChI is InChI=1S/C17H17ClN2O4/c1-8-14(10(3)21)9(2)20-15(8)16(22)11(4)24-17(23)13-7-12(18)5-6-19-13/h5-7,11,20H,1-4H3/t11-/m1/s1. The van der Waals surface area contributed by atoms with E-state index in [1.165, 1.54) is 32.2 Å². The average Bonchev–Trinajstić information content (AvgIpc) is 2.81. The molecule has 2 aromatic heterocycles. The van der Waals surface area contributed by atoms with Gasteiger partial charge >= 0.3 is 5.97 Å². The Hall–Kier alpha value is -2.47. The number of H-pyrrole nitrogens is 1. The number of ether oxygens (including phenoxy) is 1. The Bertz CT molecular complexity index is 826. The number of Topliss-reactive ketones (excluding diaryl/α,β-unsaturated/α-hetero) is 2. The summed E-state index contributed by atoms with van der Waals surface area (Å²) in [7, 11) is 0. The monoisotopic (exact) mass is 348 g/mol. The van der Waals surface area contributed by atoms with Crippen molar-refractivity contribution >= 4 is 29.1 Å². The molecule has 0 saturated heterocycles. The summed E-state index contributed by atoms with van der Waals surface area (Å²) in [6, 6.07) is 2.89. The fraction of sp³-hybridized carbons (Fsp3) is 0.294. The lowest BCUT2D eigenvalue weighted by atomic mass is 10.0. The van der Waals surface area contributed by atoms with E-state index in [4.69, 9.17) is 16.3 Å². The van der Waals surface area contributed by atoms with Crippen molar-refractivity contribution in [2.24, 2.45) is 0 Å². The van der Waals surface area contributed by atoms with Crippen molar-refractivity contribution in [3.05, 3.63) is 51.6 Å². The molecule has 1 N–H and O–H groups in total. The molecule has 0 aliphatic heterocycles. The number of nitrogens with zero attached hydrogens (tertiary/aromatic N) is 1. The summed E-state index contributed by atoms with van der Waals surface area (Å²) in [6.45, 7) is 6.30. The molecule has 7 heteroatoms. The molecule has 2 rings (SSSR count). The van der Waals surface area contributed by atoms with Crippen LogP contribution in [0.15, 0.2) is 18.3 Å². The number of carbonyl (C=O) groups excluding carboxylic acids is 3. The fourth-order valence-corrected chi connectivity index (χ4v) is 2.68. The van der Waals surface area contributed by atoms with E-state index in [1.54, 1.807) is 13.8 Å². The molecule has 2 aromatic rings. The Morgan fingerprint density at radius 1 is 1.29 bits per heavy atom. The van der Waals surface area contributed by atoms with Crippen LogP contribution in [0.1, 0.15) is 56.4 Å². The molecule has 0 spiro atoms. The zero-order valence-corrected chi connectivity index (χ0v) is 14.5. The maximum atomic E-state index is 12.5. The molecule has 0 saturated carbocycles. The second-order valence-electron chi connectivity index (χ2n) is 5.45. The molecule has 2 heterocycles. The van der Waals surface area contributed by atoms with Crippen molar-refractivity contribution in [1.82, 2.24) is 9.97 Å². The van der Waals surface area contributed by atoms with E-state index in [2.05, 4.69) is 9.97 Å². The number of ketones is 2. The largest absolute Gasteiger partial charge is 0.449 e. The molecule has 1 atom stereocenters. The van der Waals surface area contributed by atoms with Gasteiger partial charge in [0.05, 0.1) is 5.69 Å². The first-order valence-corrected chi connectivity index (χ1v) is 7.67. The number of rotatable bonds is 5. The van der Waals surface area contributed by atoms with Crippen LogP contribution >= 0.6 is 11.6 Å². The van der Waals surface area contributed by atoms with Crippen LogP contribution < -0.4 is 0 Å². The molecule has 6 nitrogen and oxygen atoms in total. The third-order valence-electron chi connectivity index (χ3n) is 3.62. The highest BCUT2D eigenvalue weighted by molar-refractivity contribution is 6.30. The van der Waals surface area contributed by atoms with Crippen molar-refractivity contribution in [3.8, 4) is 0 Å². The molecule has 0 bridgehead atoms. The number of pyridine rings is 1. The number of hydrogen-bond donors (Lipinski definition) is 1. The Labute approximate surface area is 144 Å². The molecule has 0 unspecified atom stereocenters. The lowest BCUT2D eigenvalue weighted by Crippen LogP contribution is -2.25. The maximum Gasteiger partial charge on any atom is 0.357 e. The van der Waals surface area contributed by atoms with E-state index < -0.39 is 17.9 Å². The van der Waals surface area contributed by atoms with Crippen LogP contribution in [0.5, 0.6) is 0 Å². The molecule has 0 aromatic carbocycles. The molecule has 126 valence electrons. The predicted octanol–water partition coefficient (Wildman–Crippen LogP) is 3.31. The number of nitrogens with one attached hydrogen (secondary N) is 1. The zero-order chi connectivity index (χ0) is 18.0. The molecular weight excluding hydrogens is 332 g/mol. The molecule has 24 heavy (non-hydrogen) atoms. The highest BCUT2D eigenvalue weighted by atomic mass is 35.5. The third-order valence-corrected chi connectivity index (χ3v) is 3.86. The molecule has 0 aliphatic carbocycles. The highest BCUT2D eigenvalue weighted by Gasteiger charge is 2.26. The second-order valence-corrected chi connectivity index (χ2v) is 5.89. The third kappa shape index (κ3) is 3.54. The molecule has 0 aliphatic rings. The number of aryl methyl sites for hydroxylation is 1. The minimum absolute atomic E-state index is 0.0194. The number of halogens is 1. The Morgan fingerprint density at radius 2 is 1.96 bits per heavy atom. The molecule has 0 radical (unpaired) electrons. The van der Waals surface area contributed by atoms with Gasteiger partial charge in [-0.15, -0.1) is 0 Å². The van der Waals surface area contributed by atoms with Crippen molar-refractivity contribution in [3.63, 3.8) is 0 Å². The number of aromatic amines is 1. The second kappa shape index (κ2) is 6.97. The van der Waals surface area contributed by atoms with Gasteiger partial charge in [-0.3, -0.25) is 9.59 Å². The lowest BCUT2D eigenvalue weighted by molar-refractivity contribution is 0.0311. The van der Waals surface area contributed by atoms with Gasteiger partial charge in [-0.05, 0) is 45.4 Å². The smallest absolute Gasteiger partial charge is 0.357 e. The van der Waals surface area contributed by atoms with E-state index in [9.17, 15) is 14.4 Å². The summed E-state index contributed by atoms with van der Waals surface area (Å²) in [4.78, 5) is 43.0. The number of carbonyl (C=O) groups is 3. The molecule has 0 fully saturated rings. The van der Waals surface area contributed by atoms with E-state index in [0.29, 0.717) is 21.8 Å². The summed E-state index contributed by atoms with van der Waals surface area (Å²) in [5, 5.41) is 0.345. The van der Waals surface area contributed by atoms with Gasteiger partial charge < -0.3 is 9.72 Å². The normalized spacial score (nSPS) is 11.9. The topological polar surface area (TPSA) is 89.1 Å². The van der Waals surface area contributed by atoms with Crippen molar-refractivity contribution in [2.75, 3.05) is 0 Å². The van der Waals surface area contributed by atoms with Gasteiger partial charge in [0.2, 0.25) is 5.78 Å². The SMILES string of the molecule is CC(=O)c1c(C)[nH]c(C(=O)[C@@H](C)OC(=O)c2cc(Cl)ccn2)c1C. The fourth-order valence-electron chi connectivity index (χ4n) is 2.52. The quantitative estimate of drug-likeness (QED) is 0.661. The first-order valence-electron chi connectivity index (χ1n) is 7.29. The van der Waals surface area contributed by atoms with Gasteiger partial charge in [-0.2, -0.15) is 0 Å². The summed E-state index contributed by atoms with van der Waals surface area (Å²) in [5.74, 6) is -1.29. The van der Waals surface area contributed by atoms with Gasteiger partial charge in [-0.25, -0.2) is 9.78 Å². The lowest BCUT2D eigenvalue weighted by Gasteiger charge is -2.12. The minimum Gasteiger partial charge on any atom is -0.449 e. The summed E-state index contributed by atoms with van der Waals surface area (Å²) in [5.41, 5.74) is 1.92. The van der Waals surface area contributed by atoms with Crippen LogP contribution in [0.4, 0.5) is 0 Å². The van der Waals surface area contributed by atoms with E-state index in [1.807, 2.05) is 0 Å². The van der Waals surface area contributed by atoms with Gasteiger partial charge in [0, 0.05) is 22.5 Å². The molecular formula is C17H17ClN2O4. The summed E-state index contributed by atoms with van der Waals surface area (Å²) in [6.07, 6.45) is 0.345. The van der Waals surface area contributed by atoms with E-state index in [0.717, 1.165) is 0 Å². The zero-order valence-electron chi connectivity index (χ0n) is 13.8. The van der Waals surface area contributed by atoms with Gasteiger partial charge in [0.1, 0.15) is 5.69 Å². The minimum atomic E-state index is -1.03.